The molecule has 3 nitrogen and oxygen atoms in total. The summed E-state index contributed by atoms with van der Waals surface area (Å²) in [5, 5.41) is 4.87. The molecule has 0 saturated heterocycles. The summed E-state index contributed by atoms with van der Waals surface area (Å²) < 4.78 is 3.64. The summed E-state index contributed by atoms with van der Waals surface area (Å²) in [6.45, 7) is 13.5. The molecule has 8 rings (SSSR count). The van der Waals surface area contributed by atoms with E-state index in [2.05, 4.69) is 141 Å². The van der Waals surface area contributed by atoms with Crippen LogP contribution in [0.3, 0.4) is 0 Å². The summed E-state index contributed by atoms with van der Waals surface area (Å²) in [6, 6.07) is 45.5. The average Bonchev–Trinajstić information content (AvgIpc) is 3.73. The van der Waals surface area contributed by atoms with Gasteiger partial charge in [-0.2, -0.15) is 0 Å². The van der Waals surface area contributed by atoms with Gasteiger partial charge in [-0.15, -0.1) is 41.3 Å². The minimum absolute atomic E-state index is 0. The van der Waals surface area contributed by atoms with Crippen LogP contribution in [0.2, 0.25) is 0 Å². The van der Waals surface area contributed by atoms with E-state index in [-0.39, 0.29) is 20.1 Å². The zero-order valence-electron chi connectivity index (χ0n) is 29.9. The standard InChI is InChI=1S/C35H33N2S.C11H8N.Ir/c1-21(2)26-13-10-14-27(22(3)4)34(26)37-31-16-8-7-15-30(31)36-35(37)29-20-38-32-18-17-25(19-28(29)32)33-23(5)11-9-12-24(33)6;1-2-6-10(7-3-1)11-8-4-5-9-12-11;/h7-19,21-22H,1-6H3;1-6,8-9H;/q2*-1;. The summed E-state index contributed by atoms with van der Waals surface area (Å²) in [7, 11) is 0. The molecule has 0 atom stereocenters. The van der Waals surface area contributed by atoms with Gasteiger partial charge < -0.3 is 9.55 Å². The first kappa shape index (κ1) is 36.1. The predicted molar refractivity (Wildman–Crippen MR) is 212 cm³/mol. The molecule has 0 aliphatic rings. The first-order valence-corrected chi connectivity index (χ1v) is 18.1. The molecule has 0 aliphatic carbocycles. The van der Waals surface area contributed by atoms with Crippen LogP contribution in [0.5, 0.6) is 0 Å². The maximum atomic E-state index is 5.26. The molecule has 3 aromatic heterocycles. The average molecular weight is 860 g/mol. The Kier molecular flexibility index (Phi) is 11.1. The third-order valence-corrected chi connectivity index (χ3v) is 10.2. The van der Waals surface area contributed by atoms with E-state index < -0.39 is 0 Å². The maximum absolute atomic E-state index is 5.26. The van der Waals surface area contributed by atoms with Crippen molar-refractivity contribution in [2.45, 2.75) is 53.4 Å². The molecule has 0 unspecified atom stereocenters. The number of aromatic nitrogens is 3. The molecular formula is C46H41IrN3S-2. The number of thiophene rings is 1. The van der Waals surface area contributed by atoms with E-state index in [9.17, 15) is 0 Å². The van der Waals surface area contributed by atoms with E-state index in [1.807, 2.05) is 42.5 Å². The molecule has 1 radical (unpaired) electrons. The SMILES string of the molecule is Cc1cccc(C)c1-c1ccc2s[c-]c(-c3nc4ccccc4n3-c3c(C(C)C)cccc3C(C)C)c2c1.[Ir].[c-]1ccccc1-c1ccccn1. The molecule has 257 valence electrons. The first-order valence-electron chi connectivity index (χ1n) is 17.3. The third kappa shape index (κ3) is 7.25. The van der Waals surface area contributed by atoms with Crippen molar-refractivity contribution < 1.29 is 20.1 Å². The largest absolute Gasteiger partial charge is 0.333 e. The van der Waals surface area contributed by atoms with Crippen LogP contribution in [-0.4, -0.2) is 14.5 Å². The molecule has 3 heterocycles. The van der Waals surface area contributed by atoms with E-state index in [0.29, 0.717) is 11.8 Å². The minimum Gasteiger partial charge on any atom is -0.333 e. The Bertz CT molecular complexity index is 2320. The van der Waals surface area contributed by atoms with Crippen LogP contribution in [-0.2, 0) is 20.1 Å². The number of hydrogen-bond acceptors (Lipinski definition) is 3. The number of pyridine rings is 1. The number of benzene rings is 5. The number of aryl methyl sites for hydroxylation is 2. The number of rotatable bonds is 6. The predicted octanol–water partition coefficient (Wildman–Crippen LogP) is 12.8. The van der Waals surface area contributed by atoms with Crippen molar-refractivity contribution in [2.75, 3.05) is 0 Å². The van der Waals surface area contributed by atoms with Gasteiger partial charge in [0.25, 0.3) is 0 Å². The smallest absolute Gasteiger partial charge is 0.0774 e. The molecular weight excluding hydrogens is 819 g/mol. The van der Waals surface area contributed by atoms with E-state index in [0.717, 1.165) is 33.7 Å². The van der Waals surface area contributed by atoms with Crippen molar-refractivity contribution in [1.29, 1.82) is 0 Å². The quantitative estimate of drug-likeness (QED) is 0.156. The zero-order valence-corrected chi connectivity index (χ0v) is 33.1. The Hall–Kier alpha value is -4.67. The molecule has 0 fully saturated rings. The van der Waals surface area contributed by atoms with Gasteiger partial charge in [-0.1, -0.05) is 122 Å². The number of fused-ring (bicyclic) bond motifs is 2. The van der Waals surface area contributed by atoms with Gasteiger partial charge in [0, 0.05) is 32.0 Å². The summed E-state index contributed by atoms with van der Waals surface area (Å²) in [6.07, 6.45) is 1.79. The van der Waals surface area contributed by atoms with Gasteiger partial charge in [0.05, 0.1) is 16.9 Å². The molecule has 0 amide bonds. The molecule has 0 saturated carbocycles. The first-order chi connectivity index (χ1) is 24.3. The number of hydrogen-bond donors (Lipinski definition) is 0. The fourth-order valence-corrected chi connectivity index (χ4v) is 7.65. The van der Waals surface area contributed by atoms with Gasteiger partial charge in [-0.05, 0) is 83.0 Å². The van der Waals surface area contributed by atoms with Gasteiger partial charge in [-0.25, -0.2) is 0 Å². The Balaban J connectivity index is 0.000000291. The van der Waals surface area contributed by atoms with Crippen molar-refractivity contribution in [2.24, 2.45) is 0 Å². The van der Waals surface area contributed by atoms with Crippen molar-refractivity contribution in [3.63, 3.8) is 0 Å². The fraction of sp³-hybridized carbons (Fsp3) is 0.174. The van der Waals surface area contributed by atoms with Gasteiger partial charge in [-0.3, -0.25) is 16.3 Å². The van der Waals surface area contributed by atoms with Crippen molar-refractivity contribution in [1.82, 2.24) is 14.5 Å². The summed E-state index contributed by atoms with van der Waals surface area (Å²) in [5.41, 5.74) is 14.3. The minimum atomic E-state index is 0. The van der Waals surface area contributed by atoms with Crippen LogP contribution in [0.4, 0.5) is 0 Å². The molecule has 51 heavy (non-hydrogen) atoms. The molecule has 5 heteroatoms. The number of imidazole rings is 1. The van der Waals surface area contributed by atoms with Crippen molar-refractivity contribution >= 4 is 32.5 Å². The summed E-state index contributed by atoms with van der Waals surface area (Å²) in [5.74, 6) is 1.74. The van der Waals surface area contributed by atoms with Crippen LogP contribution >= 0.6 is 11.3 Å². The molecule has 0 aliphatic heterocycles. The maximum Gasteiger partial charge on any atom is 0.0774 e. The van der Waals surface area contributed by atoms with E-state index in [1.54, 1.807) is 17.5 Å². The van der Waals surface area contributed by atoms with Crippen LogP contribution in [0.1, 0.15) is 61.8 Å². The van der Waals surface area contributed by atoms with Crippen LogP contribution in [0.15, 0.2) is 128 Å². The van der Waals surface area contributed by atoms with Gasteiger partial charge >= 0.3 is 0 Å². The molecule has 0 bridgehead atoms. The Morgan fingerprint density at radius 2 is 1.39 bits per heavy atom. The van der Waals surface area contributed by atoms with Crippen LogP contribution in [0.25, 0.3) is 60.6 Å². The monoisotopic (exact) mass is 860 g/mol. The van der Waals surface area contributed by atoms with Gasteiger partial charge in [0.15, 0.2) is 0 Å². The van der Waals surface area contributed by atoms with Gasteiger partial charge in [0.1, 0.15) is 0 Å². The normalized spacial score (nSPS) is 11.1. The Labute approximate surface area is 319 Å². The molecule has 8 aromatic rings. The third-order valence-electron chi connectivity index (χ3n) is 9.28. The van der Waals surface area contributed by atoms with Crippen molar-refractivity contribution in [3.8, 4) is 39.5 Å². The number of nitrogens with zero attached hydrogens (tertiary/aromatic N) is 3. The van der Waals surface area contributed by atoms with E-state index in [4.69, 9.17) is 4.98 Å². The molecule has 0 N–H and O–H groups in total. The van der Waals surface area contributed by atoms with E-state index in [1.165, 1.54) is 49.2 Å². The zero-order chi connectivity index (χ0) is 34.8. The van der Waals surface area contributed by atoms with Gasteiger partial charge in [0.2, 0.25) is 0 Å². The van der Waals surface area contributed by atoms with Crippen LogP contribution in [0, 0.1) is 25.3 Å². The van der Waals surface area contributed by atoms with Crippen molar-refractivity contribution in [3.05, 3.63) is 161 Å². The number of para-hydroxylation sites is 3. The topological polar surface area (TPSA) is 30.7 Å². The second-order valence-electron chi connectivity index (χ2n) is 13.4. The molecule has 5 aromatic carbocycles. The summed E-state index contributed by atoms with van der Waals surface area (Å²) in [4.78, 5) is 9.48. The Morgan fingerprint density at radius 1 is 0.706 bits per heavy atom. The molecule has 0 spiro atoms. The van der Waals surface area contributed by atoms with Crippen LogP contribution < -0.4 is 0 Å². The second-order valence-corrected chi connectivity index (χ2v) is 14.3. The fourth-order valence-electron chi connectivity index (χ4n) is 6.83. The van der Waals surface area contributed by atoms with E-state index >= 15 is 0 Å². The Morgan fingerprint density at radius 3 is 2.06 bits per heavy atom. The summed E-state index contributed by atoms with van der Waals surface area (Å²) >= 11 is 1.68. The second kappa shape index (κ2) is 15.7.